The highest BCUT2D eigenvalue weighted by Crippen LogP contribution is 2.25. The second kappa shape index (κ2) is 8.47. The first-order chi connectivity index (χ1) is 12.1. The topological polar surface area (TPSA) is 42.4 Å². The van der Waals surface area contributed by atoms with Crippen LogP contribution in [0.5, 0.6) is 5.75 Å². The number of halogens is 1. The van der Waals surface area contributed by atoms with Crippen molar-refractivity contribution in [3.63, 3.8) is 0 Å². The monoisotopic (exact) mass is 392 g/mol. The van der Waals surface area contributed by atoms with Gasteiger partial charge in [0.15, 0.2) is 0 Å². The number of rotatable bonds is 7. The molecule has 0 atom stereocenters. The van der Waals surface area contributed by atoms with Crippen LogP contribution in [0.15, 0.2) is 46.5 Å². The largest absolute Gasteiger partial charge is 0.492 e. The molecule has 130 valence electrons. The van der Waals surface area contributed by atoms with Gasteiger partial charge < -0.3 is 9.64 Å². The quantitative estimate of drug-likeness (QED) is 0.589. The summed E-state index contributed by atoms with van der Waals surface area (Å²) in [5, 5.41) is 7.66. The first-order valence-corrected chi connectivity index (χ1v) is 9.91. The number of thiazole rings is 1. The van der Waals surface area contributed by atoms with Crippen LogP contribution in [-0.2, 0) is 11.2 Å². The van der Waals surface area contributed by atoms with E-state index in [1.165, 1.54) is 0 Å². The Bertz CT molecular complexity index is 816. The maximum atomic E-state index is 12.3. The van der Waals surface area contributed by atoms with Crippen LogP contribution in [0, 0.1) is 0 Å². The molecule has 0 aliphatic heterocycles. The summed E-state index contributed by atoms with van der Waals surface area (Å²) in [6.45, 7) is 0.948. The molecule has 0 N–H and O–H groups in total. The maximum absolute atomic E-state index is 12.3. The first kappa shape index (κ1) is 17.9. The van der Waals surface area contributed by atoms with Gasteiger partial charge >= 0.3 is 0 Å². The molecular weight excluding hydrogens is 376 g/mol. The van der Waals surface area contributed by atoms with E-state index in [9.17, 15) is 4.79 Å². The van der Waals surface area contributed by atoms with Gasteiger partial charge in [0, 0.05) is 28.4 Å². The van der Waals surface area contributed by atoms with Crippen LogP contribution in [0.4, 0.5) is 0 Å². The zero-order valence-electron chi connectivity index (χ0n) is 13.6. The fourth-order valence-electron chi connectivity index (χ4n) is 2.15. The van der Waals surface area contributed by atoms with E-state index < -0.39 is 0 Å². The van der Waals surface area contributed by atoms with Crippen molar-refractivity contribution in [1.82, 2.24) is 9.88 Å². The predicted molar refractivity (Wildman–Crippen MR) is 104 cm³/mol. The Kier molecular flexibility index (Phi) is 6.07. The average molecular weight is 393 g/mol. The molecule has 0 unspecified atom stereocenters. The van der Waals surface area contributed by atoms with E-state index in [1.54, 1.807) is 46.8 Å². The lowest BCUT2D eigenvalue weighted by Gasteiger charge is -2.17. The highest BCUT2D eigenvalue weighted by atomic mass is 35.5. The Labute approximate surface area is 159 Å². The summed E-state index contributed by atoms with van der Waals surface area (Å²) in [5.74, 6) is 0.770. The Balaban J connectivity index is 1.47. The molecule has 0 fully saturated rings. The number of amides is 1. The van der Waals surface area contributed by atoms with Crippen LogP contribution < -0.4 is 4.74 Å². The average Bonchev–Trinajstić information content (AvgIpc) is 3.27. The Morgan fingerprint density at radius 3 is 2.76 bits per heavy atom. The van der Waals surface area contributed by atoms with Gasteiger partial charge in [0.2, 0.25) is 5.91 Å². The molecule has 0 aliphatic carbocycles. The highest BCUT2D eigenvalue weighted by molar-refractivity contribution is 7.14. The standard InChI is InChI=1S/C18H17ClN2O2S2/c1-21(7-8-23-16-4-2-14(19)3-5-16)17(22)10-15-12-25-18(20-15)13-6-9-24-11-13/h2-6,9,11-12H,7-8,10H2,1H3. The molecule has 4 nitrogen and oxygen atoms in total. The number of likely N-dealkylation sites (N-methyl/N-ethyl adjacent to an activating group) is 1. The molecule has 3 rings (SSSR count). The SMILES string of the molecule is CN(CCOc1ccc(Cl)cc1)C(=O)Cc1csc(-c2ccsc2)n1. The van der Waals surface area contributed by atoms with Crippen LogP contribution in [0.3, 0.4) is 0 Å². The minimum Gasteiger partial charge on any atom is -0.492 e. The number of carbonyl (C=O) groups excluding carboxylic acids is 1. The van der Waals surface area contributed by atoms with Gasteiger partial charge in [0.05, 0.1) is 18.7 Å². The zero-order chi connectivity index (χ0) is 17.6. The van der Waals surface area contributed by atoms with Crippen molar-refractivity contribution in [3.05, 3.63) is 57.2 Å². The van der Waals surface area contributed by atoms with Gasteiger partial charge in [-0.05, 0) is 35.7 Å². The van der Waals surface area contributed by atoms with Crippen LogP contribution in [0.2, 0.25) is 5.02 Å². The summed E-state index contributed by atoms with van der Waals surface area (Å²) in [7, 11) is 1.78. The van der Waals surface area contributed by atoms with E-state index in [0.29, 0.717) is 24.6 Å². The van der Waals surface area contributed by atoms with E-state index in [2.05, 4.69) is 10.4 Å². The Morgan fingerprint density at radius 1 is 1.24 bits per heavy atom. The van der Waals surface area contributed by atoms with Gasteiger partial charge in [-0.3, -0.25) is 4.79 Å². The van der Waals surface area contributed by atoms with Crippen molar-refractivity contribution in [2.75, 3.05) is 20.2 Å². The molecule has 25 heavy (non-hydrogen) atoms. The van der Waals surface area contributed by atoms with Gasteiger partial charge in [-0.2, -0.15) is 11.3 Å². The Hall–Kier alpha value is -1.89. The first-order valence-electron chi connectivity index (χ1n) is 7.71. The van der Waals surface area contributed by atoms with Gasteiger partial charge in [-0.1, -0.05) is 11.6 Å². The minimum atomic E-state index is 0.0295. The molecule has 1 amide bonds. The lowest BCUT2D eigenvalue weighted by molar-refractivity contribution is -0.129. The van der Waals surface area contributed by atoms with Crippen molar-refractivity contribution in [1.29, 1.82) is 0 Å². The maximum Gasteiger partial charge on any atom is 0.228 e. The molecule has 0 saturated carbocycles. The van der Waals surface area contributed by atoms with Crippen molar-refractivity contribution < 1.29 is 9.53 Å². The van der Waals surface area contributed by atoms with Gasteiger partial charge in [0.1, 0.15) is 17.4 Å². The van der Waals surface area contributed by atoms with Gasteiger partial charge in [-0.15, -0.1) is 11.3 Å². The summed E-state index contributed by atoms with van der Waals surface area (Å²) < 4.78 is 5.62. The fourth-order valence-corrected chi connectivity index (χ4v) is 3.81. The molecular formula is C18H17ClN2O2S2. The number of aromatic nitrogens is 1. The molecule has 7 heteroatoms. The van der Waals surface area contributed by atoms with E-state index >= 15 is 0 Å². The highest BCUT2D eigenvalue weighted by Gasteiger charge is 2.13. The van der Waals surface area contributed by atoms with E-state index in [4.69, 9.17) is 16.3 Å². The number of hydrogen-bond acceptors (Lipinski definition) is 5. The molecule has 3 aromatic rings. The molecule has 2 aromatic heterocycles. The van der Waals surface area contributed by atoms with Crippen molar-refractivity contribution in [2.45, 2.75) is 6.42 Å². The number of benzene rings is 1. The molecule has 1 aromatic carbocycles. The Morgan fingerprint density at radius 2 is 2.04 bits per heavy atom. The number of hydrogen-bond donors (Lipinski definition) is 0. The van der Waals surface area contributed by atoms with Crippen molar-refractivity contribution in [3.8, 4) is 16.3 Å². The third-order valence-corrected chi connectivity index (χ3v) is 5.46. The predicted octanol–water partition coefficient (Wildman–Crippen LogP) is 4.60. The summed E-state index contributed by atoms with van der Waals surface area (Å²) in [4.78, 5) is 18.5. The summed E-state index contributed by atoms with van der Waals surface area (Å²) in [6.07, 6.45) is 0.304. The normalized spacial score (nSPS) is 10.6. The van der Waals surface area contributed by atoms with Gasteiger partial charge in [0.25, 0.3) is 0 Å². The van der Waals surface area contributed by atoms with Gasteiger partial charge in [-0.25, -0.2) is 4.98 Å². The zero-order valence-corrected chi connectivity index (χ0v) is 16.0. The minimum absolute atomic E-state index is 0.0295. The van der Waals surface area contributed by atoms with Crippen LogP contribution in [-0.4, -0.2) is 36.0 Å². The van der Waals surface area contributed by atoms with E-state index in [0.717, 1.165) is 22.0 Å². The van der Waals surface area contributed by atoms with Crippen LogP contribution >= 0.6 is 34.3 Å². The lowest BCUT2D eigenvalue weighted by atomic mass is 10.3. The summed E-state index contributed by atoms with van der Waals surface area (Å²) in [5.41, 5.74) is 1.92. The summed E-state index contributed by atoms with van der Waals surface area (Å²) >= 11 is 9.04. The van der Waals surface area contributed by atoms with E-state index in [-0.39, 0.29) is 5.91 Å². The molecule has 0 spiro atoms. The number of ether oxygens (including phenoxy) is 1. The third-order valence-electron chi connectivity index (χ3n) is 3.59. The molecule has 2 heterocycles. The summed E-state index contributed by atoms with van der Waals surface area (Å²) in [6, 6.07) is 9.21. The molecule has 0 aliphatic rings. The lowest BCUT2D eigenvalue weighted by Crippen LogP contribution is -2.32. The molecule has 0 bridgehead atoms. The van der Waals surface area contributed by atoms with E-state index in [1.807, 2.05) is 29.0 Å². The molecule has 0 radical (unpaired) electrons. The second-order valence-corrected chi connectivity index (χ2v) is 7.53. The van der Waals surface area contributed by atoms with Crippen molar-refractivity contribution in [2.24, 2.45) is 0 Å². The smallest absolute Gasteiger partial charge is 0.228 e. The van der Waals surface area contributed by atoms with Crippen LogP contribution in [0.1, 0.15) is 5.69 Å². The molecule has 0 saturated heterocycles. The number of nitrogens with zero attached hydrogens (tertiary/aromatic N) is 2. The van der Waals surface area contributed by atoms with Crippen molar-refractivity contribution >= 4 is 40.2 Å². The number of carbonyl (C=O) groups is 1. The van der Waals surface area contributed by atoms with Crippen LogP contribution in [0.25, 0.3) is 10.6 Å². The fraction of sp³-hybridized carbons (Fsp3) is 0.222. The second-order valence-electron chi connectivity index (χ2n) is 5.45. The third kappa shape index (κ3) is 5.04. The number of thiophene rings is 1.